The molecule has 6 heteroatoms. The molecule has 3 heterocycles. The molecule has 1 aromatic heterocycles. The lowest BCUT2D eigenvalue weighted by Crippen LogP contribution is -2.50. The van der Waals surface area contributed by atoms with E-state index >= 15 is 0 Å². The van der Waals surface area contributed by atoms with Gasteiger partial charge in [0, 0.05) is 6.42 Å². The van der Waals surface area contributed by atoms with Gasteiger partial charge < -0.3 is 10.1 Å². The third-order valence-electron chi connectivity index (χ3n) is 5.45. The number of fused-ring (bicyclic) bond motifs is 2. The fourth-order valence-corrected chi connectivity index (χ4v) is 3.68. The molecule has 1 aromatic carbocycles. The maximum atomic E-state index is 13.4. The Bertz CT molecular complexity index is 1010. The van der Waals surface area contributed by atoms with E-state index in [1.54, 1.807) is 22.8 Å². The van der Waals surface area contributed by atoms with Crippen molar-refractivity contribution < 1.29 is 9.53 Å². The average Bonchev–Trinajstić information content (AvgIpc) is 2.96. The number of allylic oxidation sites excluding steroid dienone is 2. The lowest BCUT2D eigenvalue weighted by Gasteiger charge is -2.35. The highest BCUT2D eigenvalue weighted by Gasteiger charge is 2.38. The molecule has 0 bridgehead atoms. The largest absolute Gasteiger partial charge is 0.446 e. The van der Waals surface area contributed by atoms with Crippen molar-refractivity contribution in [2.45, 2.75) is 38.8 Å². The van der Waals surface area contributed by atoms with E-state index in [9.17, 15) is 9.59 Å². The van der Waals surface area contributed by atoms with E-state index < -0.39 is 6.04 Å². The number of aromatic nitrogens is 2. The van der Waals surface area contributed by atoms with E-state index in [1.807, 2.05) is 37.3 Å². The number of ether oxygens (including phenoxy) is 1. The predicted molar refractivity (Wildman–Crippen MR) is 107 cm³/mol. The summed E-state index contributed by atoms with van der Waals surface area (Å²) >= 11 is 0. The molecular formula is C22H23N3O3. The van der Waals surface area contributed by atoms with Crippen LogP contribution in [-0.4, -0.2) is 15.5 Å². The molecule has 2 aromatic rings. The Morgan fingerprint density at radius 2 is 2.00 bits per heavy atom. The Kier molecular flexibility index (Phi) is 4.86. The first-order valence-corrected chi connectivity index (χ1v) is 9.60. The number of rotatable bonds is 4. The van der Waals surface area contributed by atoms with Gasteiger partial charge in [-0.25, -0.2) is 0 Å². The highest BCUT2D eigenvalue weighted by Crippen LogP contribution is 2.32. The van der Waals surface area contributed by atoms with Crippen LogP contribution < -0.4 is 15.6 Å². The van der Waals surface area contributed by atoms with Crippen molar-refractivity contribution in [1.29, 1.82) is 0 Å². The van der Waals surface area contributed by atoms with Crippen molar-refractivity contribution in [3.8, 4) is 5.88 Å². The number of nitrogens with one attached hydrogen (secondary N) is 1. The van der Waals surface area contributed by atoms with Gasteiger partial charge in [-0.2, -0.15) is 4.98 Å². The molecule has 2 aliphatic rings. The maximum absolute atomic E-state index is 13.4. The summed E-state index contributed by atoms with van der Waals surface area (Å²) in [7, 11) is 0. The second-order valence-corrected chi connectivity index (χ2v) is 7.25. The van der Waals surface area contributed by atoms with E-state index in [0.717, 1.165) is 12.0 Å². The fraction of sp³-hybridized carbons (Fsp3) is 0.318. The molecule has 144 valence electrons. The first kappa shape index (κ1) is 18.2. The molecular weight excluding hydrogens is 354 g/mol. The van der Waals surface area contributed by atoms with Gasteiger partial charge in [-0.1, -0.05) is 56.7 Å². The highest BCUT2D eigenvalue weighted by atomic mass is 16.5. The molecule has 1 N–H and O–H groups in total. The third kappa shape index (κ3) is 3.15. The summed E-state index contributed by atoms with van der Waals surface area (Å²) in [5.74, 6) is 0.823. The average molecular weight is 377 g/mol. The number of hydrogen-bond donors (Lipinski definition) is 1. The van der Waals surface area contributed by atoms with Crippen molar-refractivity contribution >= 4 is 12.0 Å². The van der Waals surface area contributed by atoms with Gasteiger partial charge in [-0.05, 0) is 23.6 Å². The molecule has 28 heavy (non-hydrogen) atoms. The van der Waals surface area contributed by atoms with Gasteiger partial charge >= 0.3 is 0 Å². The van der Waals surface area contributed by atoms with Gasteiger partial charge in [0.05, 0.1) is 12.3 Å². The van der Waals surface area contributed by atoms with Crippen molar-refractivity contribution in [1.82, 2.24) is 14.9 Å². The summed E-state index contributed by atoms with van der Waals surface area (Å²) in [5, 5.41) is 3.09. The zero-order valence-corrected chi connectivity index (χ0v) is 16.0. The lowest BCUT2D eigenvalue weighted by atomic mass is 9.93. The van der Waals surface area contributed by atoms with Crippen LogP contribution in [0.15, 0.2) is 53.5 Å². The number of amides is 1. The van der Waals surface area contributed by atoms with Crippen LogP contribution in [-0.2, 0) is 11.2 Å². The van der Waals surface area contributed by atoms with Crippen LogP contribution in [0.25, 0.3) is 6.08 Å². The molecule has 0 radical (unpaired) electrons. The van der Waals surface area contributed by atoms with Gasteiger partial charge in [0.1, 0.15) is 17.4 Å². The normalized spacial score (nSPS) is 21.1. The van der Waals surface area contributed by atoms with E-state index in [0.29, 0.717) is 17.8 Å². The zero-order chi connectivity index (χ0) is 19.7. The number of carbonyl (C=O) groups excluding carboxylic acids is 1. The zero-order valence-electron chi connectivity index (χ0n) is 16.0. The van der Waals surface area contributed by atoms with Gasteiger partial charge in [-0.3, -0.25) is 14.2 Å². The lowest BCUT2D eigenvalue weighted by molar-refractivity contribution is -0.127. The Morgan fingerprint density at radius 3 is 2.75 bits per heavy atom. The van der Waals surface area contributed by atoms with E-state index in [4.69, 9.17) is 4.74 Å². The molecule has 6 nitrogen and oxygen atoms in total. The van der Waals surface area contributed by atoms with Gasteiger partial charge in [-0.15, -0.1) is 0 Å². The summed E-state index contributed by atoms with van der Waals surface area (Å²) in [6.45, 7) is 4.10. The molecule has 3 atom stereocenters. The van der Waals surface area contributed by atoms with E-state index in [-0.39, 0.29) is 29.3 Å². The monoisotopic (exact) mass is 377 g/mol. The molecule has 4 rings (SSSR count). The SMILES string of the molecule is CC[C@@H](C)[C@@H]1NC(=O)[C@@H](Cc2ccccc2)n2c1nc1c(c2=O)C=CC=CO1. The van der Waals surface area contributed by atoms with Crippen molar-refractivity contribution in [2.24, 2.45) is 5.92 Å². The quantitative estimate of drug-likeness (QED) is 0.888. The van der Waals surface area contributed by atoms with Gasteiger partial charge in [0.25, 0.3) is 5.56 Å². The molecule has 0 aliphatic carbocycles. The minimum absolute atomic E-state index is 0.134. The van der Waals surface area contributed by atoms with Gasteiger partial charge in [0.2, 0.25) is 11.8 Å². The van der Waals surface area contributed by atoms with Crippen LogP contribution in [0.2, 0.25) is 0 Å². The molecule has 0 saturated carbocycles. The Hall–Kier alpha value is -3.15. The Labute approximate surface area is 163 Å². The van der Waals surface area contributed by atoms with Crippen molar-refractivity contribution in [3.63, 3.8) is 0 Å². The van der Waals surface area contributed by atoms with Crippen LogP contribution >= 0.6 is 0 Å². The molecule has 0 saturated heterocycles. The van der Waals surface area contributed by atoms with Crippen molar-refractivity contribution in [2.75, 3.05) is 0 Å². The summed E-state index contributed by atoms with van der Waals surface area (Å²) in [4.78, 5) is 31.1. The minimum Gasteiger partial charge on any atom is -0.446 e. The van der Waals surface area contributed by atoms with Crippen LogP contribution in [0.5, 0.6) is 5.88 Å². The second-order valence-electron chi connectivity index (χ2n) is 7.25. The van der Waals surface area contributed by atoms with Crippen LogP contribution in [0.3, 0.4) is 0 Å². The van der Waals surface area contributed by atoms with Crippen LogP contribution in [0.4, 0.5) is 0 Å². The van der Waals surface area contributed by atoms with Gasteiger partial charge in [0.15, 0.2) is 0 Å². The predicted octanol–water partition coefficient (Wildman–Crippen LogP) is 3.16. The van der Waals surface area contributed by atoms with E-state index in [1.165, 1.54) is 6.26 Å². The Balaban J connectivity index is 1.89. The number of benzene rings is 1. The van der Waals surface area contributed by atoms with Crippen LogP contribution in [0.1, 0.15) is 49.3 Å². The standard InChI is InChI=1S/C22H23N3O3/c1-3-14(2)18-19-24-21-16(11-7-8-12-28-21)22(27)25(19)17(20(26)23-18)13-15-9-5-4-6-10-15/h4-12,14,17-18H,3,13H2,1-2H3,(H,23,26)/t14-,17-,18+/m1/s1. The summed E-state index contributed by atoms with van der Waals surface area (Å²) in [6, 6.07) is 8.74. The number of nitrogens with zero attached hydrogens (tertiary/aromatic N) is 2. The first-order chi connectivity index (χ1) is 13.6. The molecule has 2 aliphatic heterocycles. The van der Waals surface area contributed by atoms with E-state index in [2.05, 4.69) is 17.2 Å². The fourth-order valence-electron chi connectivity index (χ4n) is 3.68. The number of hydrogen-bond acceptors (Lipinski definition) is 4. The second kappa shape index (κ2) is 7.46. The maximum Gasteiger partial charge on any atom is 0.265 e. The smallest absolute Gasteiger partial charge is 0.265 e. The van der Waals surface area contributed by atoms with Crippen molar-refractivity contribution in [3.05, 3.63) is 76.1 Å². The summed E-state index contributed by atoms with van der Waals surface area (Å²) < 4.78 is 7.13. The first-order valence-electron chi connectivity index (χ1n) is 9.60. The molecule has 0 fully saturated rings. The Morgan fingerprint density at radius 1 is 1.21 bits per heavy atom. The molecule has 1 amide bonds. The minimum atomic E-state index is -0.646. The summed E-state index contributed by atoms with van der Waals surface area (Å²) in [5.41, 5.74) is 1.11. The summed E-state index contributed by atoms with van der Waals surface area (Å²) in [6.07, 6.45) is 7.92. The molecule has 0 spiro atoms. The van der Waals surface area contributed by atoms with Crippen LogP contribution in [0, 0.1) is 5.92 Å². The molecule has 0 unspecified atom stereocenters. The third-order valence-corrected chi connectivity index (χ3v) is 5.45. The topological polar surface area (TPSA) is 73.2 Å². The number of carbonyl (C=O) groups is 1. The highest BCUT2D eigenvalue weighted by molar-refractivity contribution is 5.82.